The molecule has 0 amide bonds. The first-order valence-corrected chi connectivity index (χ1v) is 7.66. The van der Waals surface area contributed by atoms with Crippen molar-refractivity contribution in [2.45, 2.75) is 32.7 Å². The summed E-state index contributed by atoms with van der Waals surface area (Å²) in [5, 5.41) is 13.4. The molecule has 1 aromatic rings. The monoisotopic (exact) mass is 291 g/mol. The Bertz CT molecular complexity index is 487. The molecule has 0 atom stereocenters. The maximum absolute atomic E-state index is 9.32. The van der Waals surface area contributed by atoms with Crippen molar-refractivity contribution < 1.29 is 0 Å². The number of nitriles is 1. The van der Waals surface area contributed by atoms with Crippen LogP contribution in [-0.4, -0.2) is 25.7 Å². The summed E-state index contributed by atoms with van der Waals surface area (Å²) < 4.78 is 0. The van der Waals surface area contributed by atoms with Gasteiger partial charge in [-0.05, 0) is 63.9 Å². The molecule has 1 aliphatic heterocycles. The van der Waals surface area contributed by atoms with Crippen LogP contribution in [0.15, 0.2) is 18.2 Å². The van der Waals surface area contributed by atoms with Crippen LogP contribution in [0.4, 0.5) is 5.69 Å². The molecular formula is C16H22ClN3. The van der Waals surface area contributed by atoms with Gasteiger partial charge in [-0.25, -0.2) is 0 Å². The van der Waals surface area contributed by atoms with Crippen molar-refractivity contribution in [2.24, 2.45) is 5.92 Å². The van der Waals surface area contributed by atoms with Gasteiger partial charge in [-0.2, -0.15) is 5.26 Å². The highest BCUT2D eigenvalue weighted by Gasteiger charge is 2.21. The van der Waals surface area contributed by atoms with Crippen LogP contribution < -0.4 is 10.2 Å². The molecule has 1 fully saturated rings. The summed E-state index contributed by atoms with van der Waals surface area (Å²) in [6.07, 6.45) is 2.40. The first-order chi connectivity index (χ1) is 9.61. The average Bonchev–Trinajstić information content (AvgIpc) is 2.45. The van der Waals surface area contributed by atoms with Crippen LogP contribution >= 0.6 is 11.6 Å². The van der Waals surface area contributed by atoms with Crippen LogP contribution in [0, 0.1) is 17.2 Å². The lowest BCUT2D eigenvalue weighted by atomic mass is 9.96. The van der Waals surface area contributed by atoms with E-state index in [1.54, 1.807) is 6.07 Å². The number of piperidine rings is 1. The van der Waals surface area contributed by atoms with Crippen LogP contribution in [0.3, 0.4) is 0 Å². The summed E-state index contributed by atoms with van der Waals surface area (Å²) in [5.41, 5.74) is 1.67. The summed E-state index contributed by atoms with van der Waals surface area (Å²) in [7, 11) is 0. The molecule has 0 spiro atoms. The molecule has 20 heavy (non-hydrogen) atoms. The van der Waals surface area contributed by atoms with E-state index in [0.29, 0.717) is 22.5 Å². The van der Waals surface area contributed by atoms with E-state index in [9.17, 15) is 5.26 Å². The van der Waals surface area contributed by atoms with Gasteiger partial charge >= 0.3 is 0 Å². The zero-order valence-electron chi connectivity index (χ0n) is 12.2. The normalized spacial score (nSPS) is 16.1. The van der Waals surface area contributed by atoms with Gasteiger partial charge in [-0.3, -0.25) is 0 Å². The highest BCUT2D eigenvalue weighted by atomic mass is 35.5. The number of benzene rings is 1. The molecule has 0 unspecified atom stereocenters. The number of rotatable bonds is 4. The molecule has 3 nitrogen and oxygen atoms in total. The Hall–Kier alpha value is -1.24. The lowest BCUT2D eigenvalue weighted by Crippen LogP contribution is -2.39. The molecule has 0 aliphatic carbocycles. The molecule has 1 N–H and O–H groups in total. The number of hydrogen-bond acceptors (Lipinski definition) is 3. The van der Waals surface area contributed by atoms with Gasteiger partial charge in [0.15, 0.2) is 0 Å². The van der Waals surface area contributed by atoms with Crippen molar-refractivity contribution >= 4 is 17.3 Å². The fourth-order valence-corrected chi connectivity index (χ4v) is 2.93. The minimum atomic E-state index is 0.357. The van der Waals surface area contributed by atoms with E-state index in [4.69, 9.17) is 11.6 Å². The Labute approximate surface area is 126 Å². The maximum atomic E-state index is 9.32. The quantitative estimate of drug-likeness (QED) is 0.924. The van der Waals surface area contributed by atoms with Crippen LogP contribution in [-0.2, 0) is 0 Å². The van der Waals surface area contributed by atoms with E-state index < -0.39 is 0 Å². The van der Waals surface area contributed by atoms with Crippen molar-refractivity contribution in [2.75, 3.05) is 24.5 Å². The van der Waals surface area contributed by atoms with E-state index in [2.05, 4.69) is 30.1 Å². The minimum Gasteiger partial charge on any atom is -0.368 e. The second kappa shape index (κ2) is 6.97. The molecule has 108 valence electrons. The summed E-state index contributed by atoms with van der Waals surface area (Å²) >= 11 is 6.12. The van der Waals surface area contributed by atoms with Crippen molar-refractivity contribution in [3.63, 3.8) is 0 Å². The molecule has 2 rings (SSSR count). The van der Waals surface area contributed by atoms with Crippen molar-refractivity contribution in [1.82, 2.24) is 5.32 Å². The Morgan fingerprint density at radius 3 is 2.70 bits per heavy atom. The van der Waals surface area contributed by atoms with Gasteiger partial charge in [0, 0.05) is 17.6 Å². The fraction of sp³-hybridized carbons (Fsp3) is 0.562. The first-order valence-electron chi connectivity index (χ1n) is 7.29. The topological polar surface area (TPSA) is 39.1 Å². The molecule has 1 aromatic carbocycles. The molecule has 0 radical (unpaired) electrons. The molecule has 4 heteroatoms. The van der Waals surface area contributed by atoms with Crippen molar-refractivity contribution in [3.05, 3.63) is 28.8 Å². The van der Waals surface area contributed by atoms with Gasteiger partial charge in [0.25, 0.3) is 0 Å². The zero-order valence-corrected chi connectivity index (χ0v) is 13.0. The fourth-order valence-electron chi connectivity index (χ4n) is 2.77. The van der Waals surface area contributed by atoms with E-state index in [1.165, 1.54) is 12.8 Å². The zero-order chi connectivity index (χ0) is 14.5. The van der Waals surface area contributed by atoms with E-state index in [0.717, 1.165) is 25.3 Å². The largest absolute Gasteiger partial charge is 0.368 e. The Morgan fingerprint density at radius 2 is 2.10 bits per heavy atom. The van der Waals surface area contributed by atoms with Gasteiger partial charge in [0.05, 0.1) is 11.3 Å². The molecule has 0 aromatic heterocycles. The number of nitrogens with zero attached hydrogens (tertiary/aromatic N) is 2. The lowest BCUT2D eigenvalue weighted by Gasteiger charge is -2.35. The standard InChI is InChI=1S/C16H22ClN3/c1-12(2)20(11-13-5-7-19-8-6-13)16-9-15(17)4-3-14(16)10-18/h3-4,9,12-13,19H,5-8,11H2,1-2H3. The third-order valence-electron chi connectivity index (χ3n) is 3.93. The predicted octanol–water partition coefficient (Wildman–Crippen LogP) is 3.43. The first kappa shape index (κ1) is 15.2. The number of hydrogen-bond donors (Lipinski definition) is 1. The molecular weight excluding hydrogens is 270 g/mol. The Morgan fingerprint density at radius 1 is 1.40 bits per heavy atom. The summed E-state index contributed by atoms with van der Waals surface area (Å²) in [6, 6.07) is 8.16. The highest BCUT2D eigenvalue weighted by Crippen LogP contribution is 2.28. The second-order valence-electron chi connectivity index (χ2n) is 5.71. The smallest absolute Gasteiger partial charge is 0.101 e. The van der Waals surface area contributed by atoms with Crippen LogP contribution in [0.5, 0.6) is 0 Å². The van der Waals surface area contributed by atoms with Gasteiger partial charge in [-0.15, -0.1) is 0 Å². The molecule has 0 saturated carbocycles. The third kappa shape index (κ3) is 3.65. The summed E-state index contributed by atoms with van der Waals surface area (Å²) in [6.45, 7) is 7.52. The van der Waals surface area contributed by atoms with Crippen LogP contribution in [0.2, 0.25) is 5.02 Å². The summed E-state index contributed by atoms with van der Waals surface area (Å²) in [4.78, 5) is 2.32. The summed E-state index contributed by atoms with van der Waals surface area (Å²) in [5.74, 6) is 0.684. The predicted molar refractivity (Wildman–Crippen MR) is 84.2 cm³/mol. The highest BCUT2D eigenvalue weighted by molar-refractivity contribution is 6.30. The average molecular weight is 292 g/mol. The van der Waals surface area contributed by atoms with E-state index >= 15 is 0 Å². The number of anilines is 1. The van der Waals surface area contributed by atoms with Gasteiger partial charge in [0.2, 0.25) is 0 Å². The van der Waals surface area contributed by atoms with E-state index in [1.807, 2.05) is 12.1 Å². The SMILES string of the molecule is CC(C)N(CC1CCNCC1)c1cc(Cl)ccc1C#N. The van der Waals surface area contributed by atoms with E-state index in [-0.39, 0.29) is 0 Å². The maximum Gasteiger partial charge on any atom is 0.101 e. The molecule has 1 saturated heterocycles. The van der Waals surface area contributed by atoms with Crippen LogP contribution in [0.1, 0.15) is 32.3 Å². The minimum absolute atomic E-state index is 0.357. The second-order valence-corrected chi connectivity index (χ2v) is 6.15. The molecule has 1 aliphatic rings. The third-order valence-corrected chi connectivity index (χ3v) is 4.16. The van der Waals surface area contributed by atoms with Crippen molar-refractivity contribution in [3.8, 4) is 6.07 Å². The number of halogens is 1. The van der Waals surface area contributed by atoms with Gasteiger partial charge < -0.3 is 10.2 Å². The molecule has 0 bridgehead atoms. The molecule has 1 heterocycles. The van der Waals surface area contributed by atoms with Crippen LogP contribution in [0.25, 0.3) is 0 Å². The lowest BCUT2D eigenvalue weighted by molar-refractivity contribution is 0.368. The Kier molecular flexibility index (Phi) is 5.28. The van der Waals surface area contributed by atoms with Crippen molar-refractivity contribution in [1.29, 1.82) is 5.26 Å². The van der Waals surface area contributed by atoms with Gasteiger partial charge in [0.1, 0.15) is 6.07 Å². The Balaban J connectivity index is 2.24. The number of nitrogens with one attached hydrogen (secondary N) is 1. The van der Waals surface area contributed by atoms with Gasteiger partial charge in [-0.1, -0.05) is 11.6 Å².